The molecule has 0 aliphatic carbocycles. The number of hydrogen-bond acceptors (Lipinski definition) is 3. The van der Waals surface area contributed by atoms with Gasteiger partial charge in [0, 0.05) is 5.02 Å². The zero-order valence-electron chi connectivity index (χ0n) is 12.5. The molecule has 22 heavy (non-hydrogen) atoms. The van der Waals surface area contributed by atoms with Gasteiger partial charge in [0.15, 0.2) is 6.61 Å². The van der Waals surface area contributed by atoms with Crippen LogP contribution in [0.5, 0.6) is 5.75 Å². The number of nitrogens with zero attached hydrogens (tertiary/aromatic N) is 1. The van der Waals surface area contributed by atoms with Gasteiger partial charge in [-0.05, 0) is 48.7 Å². The Morgan fingerprint density at radius 3 is 2.68 bits per heavy atom. The van der Waals surface area contributed by atoms with Crippen molar-refractivity contribution in [2.75, 3.05) is 6.61 Å². The number of halogens is 1. The monoisotopic (exact) mass is 316 g/mol. The zero-order valence-corrected chi connectivity index (χ0v) is 13.2. The van der Waals surface area contributed by atoms with Crippen molar-refractivity contribution in [1.29, 1.82) is 0 Å². The average Bonchev–Trinajstić information content (AvgIpc) is 2.51. The summed E-state index contributed by atoms with van der Waals surface area (Å²) in [6.45, 7) is 3.88. The Kier molecular flexibility index (Phi) is 5.55. The summed E-state index contributed by atoms with van der Waals surface area (Å²) < 4.78 is 5.49. The standard InChI is InChI=1S/C17H17ClN2O2/c1-12-4-3-5-16(13(12)2)22-11-17(21)20-19-10-14-6-8-15(18)9-7-14/h3-10H,11H2,1-2H3,(H,20,21)/b19-10-. The highest BCUT2D eigenvalue weighted by molar-refractivity contribution is 6.30. The topological polar surface area (TPSA) is 50.7 Å². The molecule has 1 amide bonds. The quantitative estimate of drug-likeness (QED) is 0.678. The Labute approximate surface area is 134 Å². The second-order valence-corrected chi connectivity index (χ2v) is 5.27. The molecule has 114 valence electrons. The van der Waals surface area contributed by atoms with Gasteiger partial charge in [-0.2, -0.15) is 5.10 Å². The first-order valence-corrected chi connectivity index (χ1v) is 7.20. The van der Waals surface area contributed by atoms with E-state index in [1.807, 2.05) is 44.2 Å². The van der Waals surface area contributed by atoms with E-state index < -0.39 is 0 Å². The molecule has 0 aliphatic heterocycles. The molecule has 1 N–H and O–H groups in total. The van der Waals surface area contributed by atoms with Gasteiger partial charge < -0.3 is 4.74 Å². The van der Waals surface area contributed by atoms with Crippen LogP contribution in [0.15, 0.2) is 47.6 Å². The van der Waals surface area contributed by atoms with Gasteiger partial charge in [-0.3, -0.25) is 4.79 Å². The maximum absolute atomic E-state index is 11.7. The minimum absolute atomic E-state index is 0.0811. The predicted molar refractivity (Wildman–Crippen MR) is 88.6 cm³/mol. The molecular formula is C17H17ClN2O2. The van der Waals surface area contributed by atoms with E-state index in [1.165, 1.54) is 0 Å². The van der Waals surface area contributed by atoms with Crippen molar-refractivity contribution in [3.8, 4) is 5.75 Å². The van der Waals surface area contributed by atoms with Gasteiger partial charge in [-0.15, -0.1) is 0 Å². The molecule has 4 nitrogen and oxygen atoms in total. The summed E-state index contributed by atoms with van der Waals surface area (Å²) in [5, 5.41) is 4.53. The summed E-state index contributed by atoms with van der Waals surface area (Å²) in [7, 11) is 0. The fourth-order valence-corrected chi connectivity index (χ4v) is 1.91. The van der Waals surface area contributed by atoms with Crippen molar-refractivity contribution in [3.63, 3.8) is 0 Å². The fourth-order valence-electron chi connectivity index (χ4n) is 1.78. The Morgan fingerprint density at radius 2 is 1.95 bits per heavy atom. The van der Waals surface area contributed by atoms with E-state index in [0.29, 0.717) is 10.8 Å². The SMILES string of the molecule is Cc1cccc(OCC(=O)N/N=C\c2ccc(Cl)cc2)c1C. The second kappa shape index (κ2) is 7.61. The lowest BCUT2D eigenvalue weighted by Crippen LogP contribution is -2.24. The highest BCUT2D eigenvalue weighted by atomic mass is 35.5. The van der Waals surface area contributed by atoms with Crippen LogP contribution in [0.25, 0.3) is 0 Å². The molecular weight excluding hydrogens is 300 g/mol. The molecule has 0 fully saturated rings. The molecule has 0 heterocycles. The number of rotatable bonds is 5. The number of benzene rings is 2. The van der Waals surface area contributed by atoms with E-state index in [9.17, 15) is 4.79 Å². The van der Waals surface area contributed by atoms with Gasteiger partial charge in [-0.25, -0.2) is 5.43 Å². The first kappa shape index (κ1) is 16.0. The van der Waals surface area contributed by atoms with Crippen molar-refractivity contribution in [2.24, 2.45) is 5.10 Å². The summed E-state index contributed by atoms with van der Waals surface area (Å²) >= 11 is 5.79. The molecule has 2 aromatic carbocycles. The molecule has 0 spiro atoms. The molecule has 0 unspecified atom stereocenters. The molecule has 0 atom stereocenters. The predicted octanol–water partition coefficient (Wildman–Crippen LogP) is 3.49. The minimum atomic E-state index is -0.314. The van der Waals surface area contributed by atoms with Crippen LogP contribution in [0.3, 0.4) is 0 Å². The number of hydrogen-bond donors (Lipinski definition) is 1. The number of hydrazone groups is 1. The summed E-state index contributed by atoms with van der Waals surface area (Å²) in [5.41, 5.74) is 5.42. The van der Waals surface area contributed by atoms with Crippen LogP contribution >= 0.6 is 11.6 Å². The van der Waals surface area contributed by atoms with Gasteiger partial charge in [-0.1, -0.05) is 35.9 Å². The van der Waals surface area contributed by atoms with E-state index in [1.54, 1.807) is 18.3 Å². The van der Waals surface area contributed by atoms with Crippen molar-refractivity contribution < 1.29 is 9.53 Å². The van der Waals surface area contributed by atoms with Crippen LogP contribution in [-0.4, -0.2) is 18.7 Å². The van der Waals surface area contributed by atoms with Gasteiger partial charge in [0.25, 0.3) is 5.91 Å². The molecule has 2 rings (SSSR count). The number of carbonyl (C=O) groups is 1. The van der Waals surface area contributed by atoms with Crippen molar-refractivity contribution >= 4 is 23.7 Å². The molecule has 0 saturated heterocycles. The Balaban J connectivity index is 1.83. The lowest BCUT2D eigenvalue weighted by molar-refractivity contribution is -0.123. The highest BCUT2D eigenvalue weighted by Crippen LogP contribution is 2.20. The minimum Gasteiger partial charge on any atom is -0.483 e. The number of carbonyl (C=O) groups excluding carboxylic acids is 1. The van der Waals surface area contributed by atoms with E-state index in [0.717, 1.165) is 16.7 Å². The van der Waals surface area contributed by atoms with Gasteiger partial charge in [0.1, 0.15) is 5.75 Å². The van der Waals surface area contributed by atoms with Gasteiger partial charge in [0.2, 0.25) is 0 Å². The average molecular weight is 317 g/mol. The summed E-state index contributed by atoms with van der Waals surface area (Å²) in [6.07, 6.45) is 1.55. The molecule has 0 aromatic heterocycles. The summed E-state index contributed by atoms with van der Waals surface area (Å²) in [5.74, 6) is 0.392. The third-order valence-electron chi connectivity index (χ3n) is 3.19. The third kappa shape index (κ3) is 4.60. The molecule has 2 aromatic rings. The number of aryl methyl sites for hydroxylation is 1. The molecule has 0 radical (unpaired) electrons. The summed E-state index contributed by atoms with van der Waals surface area (Å²) in [4.78, 5) is 11.7. The van der Waals surface area contributed by atoms with Crippen molar-refractivity contribution in [3.05, 3.63) is 64.2 Å². The first-order valence-electron chi connectivity index (χ1n) is 6.83. The lowest BCUT2D eigenvalue weighted by atomic mass is 10.1. The second-order valence-electron chi connectivity index (χ2n) is 4.83. The maximum Gasteiger partial charge on any atom is 0.277 e. The summed E-state index contributed by atoms with van der Waals surface area (Å²) in [6, 6.07) is 12.9. The molecule has 0 bridgehead atoms. The number of ether oxygens (including phenoxy) is 1. The van der Waals surface area contributed by atoms with Crippen LogP contribution < -0.4 is 10.2 Å². The van der Waals surface area contributed by atoms with E-state index in [4.69, 9.17) is 16.3 Å². The van der Waals surface area contributed by atoms with Crippen molar-refractivity contribution in [2.45, 2.75) is 13.8 Å². The van der Waals surface area contributed by atoms with E-state index in [2.05, 4.69) is 10.5 Å². The smallest absolute Gasteiger partial charge is 0.277 e. The Hall–Kier alpha value is -2.33. The third-order valence-corrected chi connectivity index (χ3v) is 3.44. The van der Waals surface area contributed by atoms with E-state index in [-0.39, 0.29) is 12.5 Å². The van der Waals surface area contributed by atoms with Crippen LogP contribution in [0.2, 0.25) is 5.02 Å². The Bertz CT molecular complexity index is 682. The maximum atomic E-state index is 11.7. The molecule has 5 heteroatoms. The van der Waals surface area contributed by atoms with Crippen LogP contribution in [-0.2, 0) is 4.79 Å². The van der Waals surface area contributed by atoms with Crippen LogP contribution in [0.4, 0.5) is 0 Å². The largest absolute Gasteiger partial charge is 0.483 e. The normalized spacial score (nSPS) is 10.7. The fraction of sp³-hybridized carbons (Fsp3) is 0.176. The highest BCUT2D eigenvalue weighted by Gasteiger charge is 2.05. The van der Waals surface area contributed by atoms with Crippen LogP contribution in [0.1, 0.15) is 16.7 Å². The number of nitrogens with one attached hydrogen (secondary N) is 1. The van der Waals surface area contributed by atoms with Gasteiger partial charge >= 0.3 is 0 Å². The van der Waals surface area contributed by atoms with E-state index >= 15 is 0 Å². The number of amides is 1. The Morgan fingerprint density at radius 1 is 1.23 bits per heavy atom. The molecule has 0 saturated carbocycles. The van der Waals surface area contributed by atoms with Gasteiger partial charge in [0.05, 0.1) is 6.21 Å². The zero-order chi connectivity index (χ0) is 15.9. The first-order chi connectivity index (χ1) is 10.6. The molecule has 0 aliphatic rings. The van der Waals surface area contributed by atoms with Crippen molar-refractivity contribution in [1.82, 2.24) is 5.43 Å². The van der Waals surface area contributed by atoms with Crippen LogP contribution in [0, 0.1) is 13.8 Å². The lowest BCUT2D eigenvalue weighted by Gasteiger charge is -2.09.